The molecule has 0 fully saturated rings. The van der Waals surface area contributed by atoms with Crippen LogP contribution < -0.4 is 20.1 Å². The van der Waals surface area contributed by atoms with E-state index in [4.69, 9.17) is 26.4 Å². The van der Waals surface area contributed by atoms with E-state index in [2.05, 4.69) is 10.6 Å². The van der Waals surface area contributed by atoms with Gasteiger partial charge in [0.25, 0.3) is 0 Å². The summed E-state index contributed by atoms with van der Waals surface area (Å²) in [6, 6.07) is 12.7. The number of thiocarbonyl (C=S) groups is 1. The van der Waals surface area contributed by atoms with Crippen LogP contribution in [0.2, 0.25) is 0 Å². The molecule has 0 spiro atoms. The van der Waals surface area contributed by atoms with Crippen LogP contribution in [-0.4, -0.2) is 38.0 Å². The fraction of sp³-hybridized carbons (Fsp3) is 0.300. The van der Waals surface area contributed by atoms with Gasteiger partial charge in [-0.05, 0) is 55.9 Å². The van der Waals surface area contributed by atoms with Gasteiger partial charge in [-0.25, -0.2) is 4.79 Å². The van der Waals surface area contributed by atoms with E-state index >= 15 is 0 Å². The number of rotatable bonds is 7. The summed E-state index contributed by atoms with van der Waals surface area (Å²) < 4.78 is 15.8. The summed E-state index contributed by atoms with van der Waals surface area (Å²) in [5, 5.41) is 6.72. The van der Waals surface area contributed by atoms with Gasteiger partial charge in [-0.3, -0.25) is 0 Å². The zero-order valence-electron chi connectivity index (χ0n) is 15.9. The number of hydrogen-bond donors (Lipinski definition) is 2. The Kier molecular flexibility index (Phi) is 7.43. The van der Waals surface area contributed by atoms with Crippen molar-refractivity contribution in [3.63, 3.8) is 0 Å². The maximum Gasteiger partial charge on any atom is 0.337 e. The Morgan fingerprint density at radius 3 is 2.52 bits per heavy atom. The van der Waals surface area contributed by atoms with Crippen LogP contribution in [0.5, 0.6) is 11.5 Å². The molecule has 1 atom stereocenters. The molecule has 0 heterocycles. The summed E-state index contributed by atoms with van der Waals surface area (Å²) in [7, 11) is 2.96. The first kappa shape index (κ1) is 20.5. The van der Waals surface area contributed by atoms with E-state index < -0.39 is 5.97 Å². The molecule has 0 aliphatic carbocycles. The normalized spacial score (nSPS) is 11.3. The van der Waals surface area contributed by atoms with Crippen molar-refractivity contribution in [2.24, 2.45) is 0 Å². The third-order valence-electron chi connectivity index (χ3n) is 3.84. The number of benzene rings is 2. The standard InChI is InChI=1S/C20H24N2O4S/c1-13-9-10-15(19(23)25-4)11-16(13)22-20(27)21-14(2)12-26-18-8-6-5-7-17(18)24-3/h5-11,14H,12H2,1-4H3,(H2,21,22,27). The van der Waals surface area contributed by atoms with Crippen molar-refractivity contribution in [2.75, 3.05) is 26.1 Å². The van der Waals surface area contributed by atoms with Gasteiger partial charge < -0.3 is 24.8 Å². The number of aryl methyl sites for hydroxylation is 1. The highest BCUT2D eigenvalue weighted by atomic mass is 32.1. The molecule has 0 bridgehead atoms. The number of esters is 1. The summed E-state index contributed by atoms with van der Waals surface area (Å²) in [6.45, 7) is 4.30. The molecule has 7 heteroatoms. The topological polar surface area (TPSA) is 68.8 Å². The maximum absolute atomic E-state index is 11.7. The summed E-state index contributed by atoms with van der Waals surface area (Å²) in [4.78, 5) is 11.7. The van der Waals surface area contributed by atoms with E-state index in [1.54, 1.807) is 19.2 Å². The van der Waals surface area contributed by atoms with Gasteiger partial charge in [-0.2, -0.15) is 0 Å². The lowest BCUT2D eigenvalue weighted by molar-refractivity contribution is 0.0601. The zero-order valence-corrected chi connectivity index (χ0v) is 16.7. The van der Waals surface area contributed by atoms with Crippen LogP contribution in [0.3, 0.4) is 0 Å². The van der Waals surface area contributed by atoms with E-state index in [1.807, 2.05) is 44.2 Å². The van der Waals surface area contributed by atoms with Crippen LogP contribution >= 0.6 is 12.2 Å². The minimum absolute atomic E-state index is 0.0426. The lowest BCUT2D eigenvalue weighted by Gasteiger charge is -2.19. The van der Waals surface area contributed by atoms with Crippen molar-refractivity contribution < 1.29 is 19.0 Å². The molecule has 2 rings (SSSR count). The Labute approximate surface area is 164 Å². The minimum atomic E-state index is -0.393. The highest BCUT2D eigenvalue weighted by molar-refractivity contribution is 7.80. The van der Waals surface area contributed by atoms with Crippen LogP contribution in [0.15, 0.2) is 42.5 Å². The summed E-state index contributed by atoms with van der Waals surface area (Å²) in [6.07, 6.45) is 0. The van der Waals surface area contributed by atoms with Gasteiger partial charge in [0.2, 0.25) is 0 Å². The van der Waals surface area contributed by atoms with Crippen molar-refractivity contribution in [3.8, 4) is 11.5 Å². The number of carbonyl (C=O) groups is 1. The van der Waals surface area contributed by atoms with E-state index in [9.17, 15) is 4.79 Å². The second-order valence-electron chi connectivity index (χ2n) is 5.98. The first-order chi connectivity index (χ1) is 12.9. The molecule has 0 amide bonds. The molecule has 1 unspecified atom stereocenters. The number of methoxy groups -OCH3 is 2. The Morgan fingerprint density at radius 2 is 1.85 bits per heavy atom. The third kappa shape index (κ3) is 5.86. The number of nitrogens with one attached hydrogen (secondary N) is 2. The van der Waals surface area contributed by atoms with Gasteiger partial charge in [-0.15, -0.1) is 0 Å². The Hall–Kier alpha value is -2.80. The largest absolute Gasteiger partial charge is 0.493 e. The molecular weight excluding hydrogens is 364 g/mol. The highest BCUT2D eigenvalue weighted by Gasteiger charge is 2.11. The summed E-state index contributed by atoms with van der Waals surface area (Å²) in [5.41, 5.74) is 2.17. The molecule has 27 heavy (non-hydrogen) atoms. The van der Waals surface area contributed by atoms with Crippen molar-refractivity contribution in [1.82, 2.24) is 5.32 Å². The first-order valence-corrected chi connectivity index (χ1v) is 8.87. The molecule has 0 aliphatic heterocycles. The van der Waals surface area contributed by atoms with Crippen LogP contribution in [0, 0.1) is 6.92 Å². The predicted octanol–water partition coefficient (Wildman–Crippen LogP) is 3.54. The molecule has 144 valence electrons. The number of carbonyl (C=O) groups excluding carboxylic acids is 1. The van der Waals surface area contributed by atoms with E-state index in [0.29, 0.717) is 28.8 Å². The molecule has 0 saturated heterocycles. The predicted molar refractivity (Wildman–Crippen MR) is 110 cm³/mol. The number of anilines is 1. The monoisotopic (exact) mass is 388 g/mol. The van der Waals surface area contributed by atoms with Crippen molar-refractivity contribution >= 4 is 29.0 Å². The third-order valence-corrected chi connectivity index (χ3v) is 4.06. The van der Waals surface area contributed by atoms with Crippen LogP contribution in [0.25, 0.3) is 0 Å². The second kappa shape index (κ2) is 9.78. The first-order valence-electron chi connectivity index (χ1n) is 8.47. The van der Waals surface area contributed by atoms with Crippen molar-refractivity contribution in [3.05, 3.63) is 53.6 Å². The molecule has 0 aromatic heterocycles. The fourth-order valence-corrected chi connectivity index (χ4v) is 2.69. The van der Waals surface area contributed by atoms with E-state index in [0.717, 1.165) is 11.3 Å². The van der Waals surface area contributed by atoms with Crippen LogP contribution in [-0.2, 0) is 4.74 Å². The average molecular weight is 388 g/mol. The summed E-state index contributed by atoms with van der Waals surface area (Å²) >= 11 is 5.37. The fourth-order valence-electron chi connectivity index (χ4n) is 2.38. The van der Waals surface area contributed by atoms with Gasteiger partial charge >= 0.3 is 5.97 Å². The molecule has 2 N–H and O–H groups in total. The number of ether oxygens (including phenoxy) is 3. The summed E-state index contributed by atoms with van der Waals surface area (Å²) in [5.74, 6) is 0.963. The number of hydrogen-bond acceptors (Lipinski definition) is 5. The Bertz CT molecular complexity index is 810. The molecule has 2 aromatic rings. The smallest absolute Gasteiger partial charge is 0.337 e. The Balaban J connectivity index is 1.92. The zero-order chi connectivity index (χ0) is 19.8. The maximum atomic E-state index is 11.7. The van der Waals surface area contributed by atoms with Gasteiger partial charge in [0.1, 0.15) is 6.61 Å². The molecule has 0 aliphatic rings. The van der Waals surface area contributed by atoms with Crippen molar-refractivity contribution in [2.45, 2.75) is 19.9 Å². The lowest BCUT2D eigenvalue weighted by Crippen LogP contribution is -2.39. The molecule has 2 aromatic carbocycles. The molecular formula is C20H24N2O4S. The molecule has 0 saturated carbocycles. The van der Waals surface area contributed by atoms with Gasteiger partial charge in [0.05, 0.1) is 25.8 Å². The van der Waals surface area contributed by atoms with Gasteiger partial charge in [-0.1, -0.05) is 18.2 Å². The highest BCUT2D eigenvalue weighted by Crippen LogP contribution is 2.25. The van der Waals surface area contributed by atoms with Gasteiger partial charge in [0.15, 0.2) is 16.6 Å². The Morgan fingerprint density at radius 1 is 1.15 bits per heavy atom. The van der Waals surface area contributed by atoms with Crippen LogP contribution in [0.4, 0.5) is 5.69 Å². The van der Waals surface area contributed by atoms with Crippen molar-refractivity contribution in [1.29, 1.82) is 0 Å². The van der Waals surface area contributed by atoms with E-state index in [-0.39, 0.29) is 6.04 Å². The van der Waals surface area contributed by atoms with E-state index in [1.165, 1.54) is 7.11 Å². The second-order valence-corrected chi connectivity index (χ2v) is 6.39. The van der Waals surface area contributed by atoms with Gasteiger partial charge in [0, 0.05) is 5.69 Å². The average Bonchev–Trinajstić information content (AvgIpc) is 2.67. The molecule has 0 radical (unpaired) electrons. The van der Waals surface area contributed by atoms with Crippen LogP contribution in [0.1, 0.15) is 22.8 Å². The molecule has 6 nitrogen and oxygen atoms in total. The quantitative estimate of drug-likeness (QED) is 0.555. The SMILES string of the molecule is COC(=O)c1ccc(C)c(NC(=S)NC(C)COc2ccccc2OC)c1. The lowest BCUT2D eigenvalue weighted by atomic mass is 10.1. The number of para-hydroxylation sites is 2. The minimum Gasteiger partial charge on any atom is -0.493 e.